The summed E-state index contributed by atoms with van der Waals surface area (Å²) in [6.45, 7) is 4.05. The van der Waals surface area contributed by atoms with Gasteiger partial charge in [-0.3, -0.25) is 10.1 Å². The van der Waals surface area contributed by atoms with Gasteiger partial charge in [0.2, 0.25) is 0 Å². The number of hydrogen-bond donors (Lipinski definition) is 2. The molecule has 1 saturated heterocycles. The molecule has 26 heavy (non-hydrogen) atoms. The average molecular weight is 383 g/mol. The molecule has 0 spiro atoms. The van der Waals surface area contributed by atoms with E-state index in [9.17, 15) is 10.1 Å². The number of rotatable bonds is 2. The van der Waals surface area contributed by atoms with Gasteiger partial charge < -0.3 is 9.88 Å². The number of amides is 1. The zero-order chi connectivity index (χ0) is 18.4. The molecule has 0 bridgehead atoms. The van der Waals surface area contributed by atoms with Crippen molar-refractivity contribution in [2.45, 2.75) is 39.5 Å². The van der Waals surface area contributed by atoms with E-state index >= 15 is 0 Å². The number of thiocarbonyl (C=S) groups is 1. The SMILES string of the molecule is Cc1cc(C=C2NC(=S)NC2=O)c(C)n1-c1sc2c(c1C#N)CCCC2. The van der Waals surface area contributed by atoms with E-state index in [1.54, 1.807) is 11.3 Å². The first-order chi connectivity index (χ1) is 12.5. The summed E-state index contributed by atoms with van der Waals surface area (Å²) >= 11 is 6.72. The van der Waals surface area contributed by atoms with Crippen LogP contribution in [0.3, 0.4) is 0 Å². The Hall–Kier alpha value is -2.43. The van der Waals surface area contributed by atoms with E-state index in [2.05, 4.69) is 21.3 Å². The van der Waals surface area contributed by atoms with Gasteiger partial charge in [-0.05, 0) is 75.0 Å². The minimum Gasteiger partial charge on any atom is -0.328 e. The number of carbonyl (C=O) groups excluding carboxylic acids is 1. The minimum absolute atomic E-state index is 0.218. The van der Waals surface area contributed by atoms with Crippen LogP contribution in [0.25, 0.3) is 11.1 Å². The smallest absolute Gasteiger partial charge is 0.273 e. The molecule has 1 amide bonds. The number of thiophene rings is 1. The number of carbonyl (C=O) groups is 1. The van der Waals surface area contributed by atoms with Crippen molar-refractivity contribution in [2.24, 2.45) is 0 Å². The molecule has 7 heteroatoms. The molecule has 1 fully saturated rings. The number of nitrogens with one attached hydrogen (secondary N) is 2. The van der Waals surface area contributed by atoms with Crippen LogP contribution in [0.1, 0.15) is 45.8 Å². The molecule has 0 unspecified atom stereocenters. The third-order valence-electron chi connectivity index (χ3n) is 4.96. The Morgan fingerprint density at radius 3 is 2.77 bits per heavy atom. The van der Waals surface area contributed by atoms with Gasteiger partial charge in [0, 0.05) is 16.3 Å². The summed E-state index contributed by atoms with van der Waals surface area (Å²) in [5, 5.41) is 16.5. The van der Waals surface area contributed by atoms with E-state index in [1.165, 1.54) is 16.9 Å². The standard InChI is InChI=1S/C19H18N4OS2/c1-10-7-12(8-15-17(24)22-19(25)21-15)11(2)23(10)18-14(9-20)13-5-3-4-6-16(13)26-18/h7-8H,3-6H2,1-2H3,(H2,21,22,24,25). The van der Waals surface area contributed by atoms with Gasteiger partial charge in [0.25, 0.3) is 5.91 Å². The van der Waals surface area contributed by atoms with Crippen molar-refractivity contribution in [1.29, 1.82) is 5.26 Å². The molecule has 0 aromatic carbocycles. The Morgan fingerprint density at radius 1 is 1.31 bits per heavy atom. The van der Waals surface area contributed by atoms with Crippen molar-refractivity contribution in [3.8, 4) is 11.1 Å². The first-order valence-electron chi connectivity index (χ1n) is 8.57. The van der Waals surface area contributed by atoms with Gasteiger partial charge in [-0.1, -0.05) is 0 Å². The van der Waals surface area contributed by atoms with Crippen LogP contribution in [-0.4, -0.2) is 15.6 Å². The molecule has 1 aliphatic carbocycles. The second-order valence-electron chi connectivity index (χ2n) is 6.63. The normalized spacial score (nSPS) is 17.8. The van der Waals surface area contributed by atoms with Crippen LogP contribution >= 0.6 is 23.6 Å². The average Bonchev–Trinajstić information content (AvgIpc) is 3.21. The molecule has 0 saturated carbocycles. The lowest BCUT2D eigenvalue weighted by molar-refractivity contribution is -0.115. The molecule has 5 nitrogen and oxygen atoms in total. The Kier molecular flexibility index (Phi) is 4.17. The fraction of sp³-hybridized carbons (Fsp3) is 0.316. The van der Waals surface area contributed by atoms with Gasteiger partial charge in [-0.2, -0.15) is 5.26 Å². The summed E-state index contributed by atoms with van der Waals surface area (Å²) in [6.07, 6.45) is 6.21. The number of hydrogen-bond acceptors (Lipinski definition) is 4. The largest absolute Gasteiger partial charge is 0.328 e. The number of nitrogens with zero attached hydrogens (tertiary/aromatic N) is 2. The lowest BCUT2D eigenvalue weighted by Crippen LogP contribution is -2.21. The van der Waals surface area contributed by atoms with Gasteiger partial charge >= 0.3 is 0 Å². The van der Waals surface area contributed by atoms with Crippen molar-refractivity contribution in [1.82, 2.24) is 15.2 Å². The minimum atomic E-state index is -0.218. The Bertz CT molecular complexity index is 1020. The fourth-order valence-electron chi connectivity index (χ4n) is 3.71. The highest BCUT2D eigenvalue weighted by Crippen LogP contribution is 2.38. The third kappa shape index (κ3) is 2.66. The molecule has 0 radical (unpaired) electrons. The topological polar surface area (TPSA) is 69.8 Å². The summed E-state index contributed by atoms with van der Waals surface area (Å²) in [6, 6.07) is 4.47. The maximum absolute atomic E-state index is 11.9. The molecule has 2 aromatic heterocycles. The summed E-state index contributed by atoms with van der Waals surface area (Å²) in [5.74, 6) is -0.218. The van der Waals surface area contributed by atoms with Gasteiger partial charge in [0.15, 0.2) is 5.11 Å². The van der Waals surface area contributed by atoms with E-state index in [1.807, 2.05) is 26.0 Å². The lowest BCUT2D eigenvalue weighted by atomic mass is 9.96. The summed E-state index contributed by atoms with van der Waals surface area (Å²) < 4.78 is 2.14. The predicted octanol–water partition coefficient (Wildman–Crippen LogP) is 3.25. The molecule has 1 aliphatic heterocycles. The zero-order valence-electron chi connectivity index (χ0n) is 14.6. The summed E-state index contributed by atoms with van der Waals surface area (Å²) in [4.78, 5) is 13.3. The predicted molar refractivity (Wildman–Crippen MR) is 106 cm³/mol. The van der Waals surface area contributed by atoms with Crippen LogP contribution in [-0.2, 0) is 17.6 Å². The Balaban J connectivity index is 1.83. The lowest BCUT2D eigenvalue weighted by Gasteiger charge is -2.10. The van der Waals surface area contributed by atoms with Gasteiger partial charge in [0.05, 0.1) is 5.56 Å². The monoisotopic (exact) mass is 382 g/mol. The van der Waals surface area contributed by atoms with Crippen LogP contribution in [0.15, 0.2) is 11.8 Å². The molecule has 2 aliphatic rings. The molecular weight excluding hydrogens is 364 g/mol. The number of fused-ring (bicyclic) bond motifs is 1. The van der Waals surface area contributed by atoms with Crippen molar-refractivity contribution in [3.63, 3.8) is 0 Å². The van der Waals surface area contributed by atoms with Crippen LogP contribution in [0.5, 0.6) is 0 Å². The maximum Gasteiger partial charge on any atom is 0.273 e. The third-order valence-corrected chi connectivity index (χ3v) is 6.44. The van der Waals surface area contributed by atoms with Gasteiger partial charge in [-0.15, -0.1) is 11.3 Å². The van der Waals surface area contributed by atoms with E-state index in [-0.39, 0.29) is 5.91 Å². The van der Waals surface area contributed by atoms with Crippen molar-refractivity contribution in [2.75, 3.05) is 0 Å². The number of aromatic nitrogens is 1. The Morgan fingerprint density at radius 2 is 2.08 bits per heavy atom. The van der Waals surface area contributed by atoms with E-state index in [0.717, 1.165) is 46.8 Å². The quantitative estimate of drug-likeness (QED) is 0.618. The second-order valence-corrected chi connectivity index (χ2v) is 8.12. The molecule has 2 N–H and O–H groups in total. The summed E-state index contributed by atoms with van der Waals surface area (Å²) in [7, 11) is 0. The number of nitriles is 1. The highest BCUT2D eigenvalue weighted by molar-refractivity contribution is 7.80. The first kappa shape index (κ1) is 17.0. The maximum atomic E-state index is 11.9. The molecule has 132 valence electrons. The zero-order valence-corrected chi connectivity index (χ0v) is 16.2. The van der Waals surface area contributed by atoms with Crippen LogP contribution in [0, 0.1) is 25.2 Å². The molecule has 4 rings (SSSR count). The van der Waals surface area contributed by atoms with Crippen LogP contribution in [0.2, 0.25) is 0 Å². The van der Waals surface area contributed by atoms with E-state index in [0.29, 0.717) is 10.8 Å². The summed E-state index contributed by atoms with van der Waals surface area (Å²) in [5.41, 5.74) is 5.49. The van der Waals surface area contributed by atoms with E-state index in [4.69, 9.17) is 12.2 Å². The second kappa shape index (κ2) is 6.38. The first-order valence-corrected chi connectivity index (χ1v) is 9.80. The van der Waals surface area contributed by atoms with Crippen molar-refractivity contribution < 1.29 is 4.79 Å². The van der Waals surface area contributed by atoms with Crippen LogP contribution in [0.4, 0.5) is 0 Å². The van der Waals surface area contributed by atoms with Crippen LogP contribution < -0.4 is 10.6 Å². The fourth-order valence-corrected chi connectivity index (χ4v) is 5.36. The Labute approximate surface area is 161 Å². The van der Waals surface area contributed by atoms with Gasteiger partial charge in [0.1, 0.15) is 16.8 Å². The number of aryl methyl sites for hydroxylation is 2. The molecule has 2 aromatic rings. The highest BCUT2D eigenvalue weighted by Gasteiger charge is 2.25. The van der Waals surface area contributed by atoms with E-state index < -0.39 is 0 Å². The van der Waals surface area contributed by atoms with Crippen molar-refractivity contribution >= 4 is 40.7 Å². The van der Waals surface area contributed by atoms with Crippen molar-refractivity contribution in [3.05, 3.63) is 44.7 Å². The molecule has 3 heterocycles. The molecule has 0 atom stereocenters. The molecular formula is C19H18N4OS2. The highest BCUT2D eigenvalue weighted by atomic mass is 32.1. The van der Waals surface area contributed by atoms with Gasteiger partial charge in [-0.25, -0.2) is 0 Å².